The number of rotatable bonds is 8. The van der Waals surface area contributed by atoms with E-state index in [1.807, 2.05) is 27.7 Å². The molecular formula is C32H56O4. The van der Waals surface area contributed by atoms with Crippen molar-refractivity contribution in [2.75, 3.05) is 13.2 Å². The van der Waals surface area contributed by atoms with Crippen molar-refractivity contribution >= 4 is 0 Å². The Labute approximate surface area is 223 Å². The summed E-state index contributed by atoms with van der Waals surface area (Å²) in [5.74, 6) is 0. The van der Waals surface area contributed by atoms with E-state index in [9.17, 15) is 0 Å². The predicted octanol–water partition coefficient (Wildman–Crippen LogP) is 9.22. The van der Waals surface area contributed by atoms with Crippen LogP contribution >= 0.6 is 0 Å². The van der Waals surface area contributed by atoms with Gasteiger partial charge in [0.2, 0.25) is 0 Å². The van der Waals surface area contributed by atoms with Crippen LogP contribution < -0.4 is 0 Å². The molecule has 0 radical (unpaired) electrons. The third-order valence-corrected chi connectivity index (χ3v) is 6.34. The summed E-state index contributed by atoms with van der Waals surface area (Å²) in [5, 5.41) is 0. The molecule has 208 valence electrons. The average Bonchev–Trinajstić information content (AvgIpc) is 2.83. The summed E-state index contributed by atoms with van der Waals surface area (Å²) in [6.07, 6.45) is 35.1. The maximum Gasteiger partial charge on any atom is 0.155 e. The lowest BCUT2D eigenvalue weighted by atomic mass is 10.1. The van der Waals surface area contributed by atoms with Gasteiger partial charge < -0.3 is 18.9 Å². The van der Waals surface area contributed by atoms with Crippen molar-refractivity contribution in [3.05, 3.63) is 48.6 Å². The van der Waals surface area contributed by atoms with E-state index in [0.29, 0.717) is 12.2 Å². The summed E-state index contributed by atoms with van der Waals surface area (Å²) < 4.78 is 22.8. The van der Waals surface area contributed by atoms with Gasteiger partial charge in [-0.25, -0.2) is 0 Å². The maximum absolute atomic E-state index is 5.96. The average molecular weight is 505 g/mol. The fraction of sp³-hybridized carbons (Fsp3) is 0.750. The zero-order valence-corrected chi connectivity index (χ0v) is 23.9. The highest BCUT2D eigenvalue weighted by atomic mass is 16.7. The molecule has 4 heteroatoms. The van der Waals surface area contributed by atoms with Crippen LogP contribution in [0.25, 0.3) is 0 Å². The molecular weight excluding hydrogens is 448 g/mol. The molecule has 2 aliphatic carbocycles. The summed E-state index contributed by atoms with van der Waals surface area (Å²) in [6, 6.07) is 0. The molecule has 0 aromatic heterocycles. The van der Waals surface area contributed by atoms with Crippen LogP contribution in [-0.4, -0.2) is 38.0 Å². The molecule has 4 unspecified atom stereocenters. The van der Waals surface area contributed by atoms with Crippen LogP contribution in [0.5, 0.6) is 0 Å². The Morgan fingerprint density at radius 3 is 1.19 bits per heavy atom. The first kappa shape index (κ1) is 32.8. The van der Waals surface area contributed by atoms with Crippen molar-refractivity contribution in [2.24, 2.45) is 0 Å². The van der Waals surface area contributed by atoms with Crippen molar-refractivity contribution in [1.29, 1.82) is 0 Å². The molecule has 0 bridgehead atoms. The molecule has 36 heavy (non-hydrogen) atoms. The fourth-order valence-electron chi connectivity index (χ4n) is 4.47. The van der Waals surface area contributed by atoms with E-state index in [-0.39, 0.29) is 12.6 Å². The van der Waals surface area contributed by atoms with E-state index in [4.69, 9.17) is 18.9 Å². The van der Waals surface area contributed by atoms with Gasteiger partial charge in [-0.2, -0.15) is 0 Å². The monoisotopic (exact) mass is 504 g/mol. The van der Waals surface area contributed by atoms with Gasteiger partial charge in [0.1, 0.15) is 0 Å². The van der Waals surface area contributed by atoms with Crippen LogP contribution in [0.3, 0.4) is 0 Å². The highest BCUT2D eigenvalue weighted by Gasteiger charge is 2.13. The summed E-state index contributed by atoms with van der Waals surface area (Å²) in [7, 11) is 0. The number of ether oxygens (including phenoxy) is 4. The summed E-state index contributed by atoms with van der Waals surface area (Å²) in [4.78, 5) is 0. The highest BCUT2D eigenvalue weighted by Crippen LogP contribution is 2.17. The van der Waals surface area contributed by atoms with Crippen LogP contribution in [0.15, 0.2) is 48.6 Å². The van der Waals surface area contributed by atoms with E-state index in [0.717, 1.165) is 64.6 Å². The quantitative estimate of drug-likeness (QED) is 0.244. The Morgan fingerprint density at radius 2 is 0.833 bits per heavy atom. The third kappa shape index (κ3) is 19.9. The normalized spacial score (nSPS) is 27.8. The smallest absolute Gasteiger partial charge is 0.155 e. The molecule has 0 N–H and O–H groups in total. The van der Waals surface area contributed by atoms with Crippen LogP contribution in [0.2, 0.25) is 0 Å². The zero-order valence-electron chi connectivity index (χ0n) is 23.9. The first-order chi connectivity index (χ1) is 17.7. The molecule has 4 nitrogen and oxygen atoms in total. The van der Waals surface area contributed by atoms with E-state index >= 15 is 0 Å². The van der Waals surface area contributed by atoms with Gasteiger partial charge in [0.05, 0.1) is 12.2 Å². The van der Waals surface area contributed by atoms with E-state index in [2.05, 4.69) is 48.6 Å². The zero-order chi connectivity index (χ0) is 26.1. The minimum absolute atomic E-state index is 0.0765. The number of allylic oxidation sites excluding steroid dienone is 8. The summed E-state index contributed by atoms with van der Waals surface area (Å²) in [5.41, 5.74) is 0. The molecule has 2 aliphatic rings. The van der Waals surface area contributed by atoms with Gasteiger partial charge in [0, 0.05) is 13.2 Å². The molecule has 0 aliphatic heterocycles. The molecule has 2 rings (SSSR count). The topological polar surface area (TPSA) is 36.9 Å². The van der Waals surface area contributed by atoms with Crippen molar-refractivity contribution in [1.82, 2.24) is 0 Å². The second-order valence-corrected chi connectivity index (χ2v) is 9.62. The number of hydrogen-bond acceptors (Lipinski definition) is 4. The lowest BCUT2D eigenvalue weighted by molar-refractivity contribution is -0.160. The van der Waals surface area contributed by atoms with E-state index in [1.54, 1.807) is 0 Å². The third-order valence-electron chi connectivity index (χ3n) is 6.34. The van der Waals surface area contributed by atoms with Crippen molar-refractivity contribution in [3.8, 4) is 0 Å². The van der Waals surface area contributed by atoms with E-state index in [1.165, 1.54) is 38.5 Å². The van der Waals surface area contributed by atoms with Gasteiger partial charge in [-0.1, -0.05) is 48.6 Å². The Morgan fingerprint density at radius 1 is 0.500 bits per heavy atom. The summed E-state index contributed by atoms with van der Waals surface area (Å²) >= 11 is 0. The lowest BCUT2D eigenvalue weighted by Gasteiger charge is -2.22. The Hall–Kier alpha value is -1.20. The molecule has 0 amide bonds. The Bertz CT molecular complexity index is 543. The Kier molecular flexibility index (Phi) is 22.0. The molecule has 0 heterocycles. The molecule has 0 fully saturated rings. The van der Waals surface area contributed by atoms with Gasteiger partial charge in [0.15, 0.2) is 12.6 Å². The largest absolute Gasteiger partial charge is 0.353 e. The first-order valence-corrected chi connectivity index (χ1v) is 14.8. The fourth-order valence-corrected chi connectivity index (χ4v) is 4.47. The van der Waals surface area contributed by atoms with Crippen LogP contribution in [0.4, 0.5) is 0 Å². The van der Waals surface area contributed by atoms with Crippen LogP contribution in [0.1, 0.15) is 118 Å². The van der Waals surface area contributed by atoms with Gasteiger partial charge in [-0.15, -0.1) is 0 Å². The molecule has 4 atom stereocenters. The van der Waals surface area contributed by atoms with E-state index < -0.39 is 0 Å². The van der Waals surface area contributed by atoms with Gasteiger partial charge in [0.25, 0.3) is 0 Å². The standard InChI is InChI=1S/2C16H28O2/c2*1-3-17-15(2)18-16-13-11-9-7-5-4-6-8-10-12-14-16/h2*5,7-8,10,15-16H,3-4,6,9,11-14H2,1-2H3/b7-5+,10-8-;7-5-,10-8+. The molecule has 0 saturated carbocycles. The molecule has 0 spiro atoms. The number of hydrogen-bond donors (Lipinski definition) is 0. The minimum atomic E-state index is -0.0765. The van der Waals surface area contributed by atoms with Crippen LogP contribution in [0, 0.1) is 0 Å². The van der Waals surface area contributed by atoms with Crippen LogP contribution in [-0.2, 0) is 18.9 Å². The second-order valence-electron chi connectivity index (χ2n) is 9.62. The van der Waals surface area contributed by atoms with Crippen molar-refractivity contribution < 1.29 is 18.9 Å². The second kappa shape index (κ2) is 24.2. The maximum atomic E-state index is 5.96. The lowest BCUT2D eigenvalue weighted by Crippen LogP contribution is -2.22. The SMILES string of the molecule is CCOC(C)OC1CC/C=C/CC/C=C\CCC1.CCOC(C)OC1CC/C=C\CC/C=C/CCC1. The highest BCUT2D eigenvalue weighted by molar-refractivity contribution is 4.90. The van der Waals surface area contributed by atoms with Crippen molar-refractivity contribution in [3.63, 3.8) is 0 Å². The van der Waals surface area contributed by atoms with Gasteiger partial charge in [-0.3, -0.25) is 0 Å². The predicted molar refractivity (Wildman–Crippen MR) is 153 cm³/mol. The molecule has 0 saturated heterocycles. The van der Waals surface area contributed by atoms with Gasteiger partial charge in [-0.05, 0) is 118 Å². The van der Waals surface area contributed by atoms with Crippen molar-refractivity contribution in [2.45, 2.75) is 142 Å². The minimum Gasteiger partial charge on any atom is -0.353 e. The summed E-state index contributed by atoms with van der Waals surface area (Å²) in [6.45, 7) is 9.45. The molecule has 0 aromatic rings. The molecule has 0 aromatic carbocycles. The Balaban J connectivity index is 0.000000360. The first-order valence-electron chi connectivity index (χ1n) is 14.8. The van der Waals surface area contributed by atoms with Gasteiger partial charge >= 0.3 is 0 Å².